The third-order valence-corrected chi connectivity index (χ3v) is 4.55. The van der Waals surface area contributed by atoms with Crippen LogP contribution >= 0.6 is 15.9 Å². The lowest BCUT2D eigenvalue weighted by atomic mass is 9.78. The van der Waals surface area contributed by atoms with Crippen LogP contribution in [0.25, 0.3) is 0 Å². The molecule has 1 aliphatic rings. The predicted octanol–water partition coefficient (Wildman–Crippen LogP) is 3.15. The summed E-state index contributed by atoms with van der Waals surface area (Å²) in [6.07, 6.45) is 4.74. The third-order valence-electron chi connectivity index (χ3n) is 3.86. The smallest absolute Gasteiger partial charge is 0.0813 e. The monoisotopic (exact) mass is 312 g/mol. The molecule has 1 saturated carbocycles. The molecule has 0 bridgehead atoms. The molecular weight excluding hydrogens is 292 g/mol. The summed E-state index contributed by atoms with van der Waals surface area (Å²) in [4.78, 5) is 0. The lowest BCUT2D eigenvalue weighted by molar-refractivity contribution is 0.0190. The maximum absolute atomic E-state index is 6.04. The highest BCUT2D eigenvalue weighted by molar-refractivity contribution is 9.10. The molecule has 0 aliphatic heterocycles. The molecule has 0 saturated heterocycles. The minimum Gasteiger partial charge on any atom is -0.379 e. The van der Waals surface area contributed by atoms with Gasteiger partial charge in [0, 0.05) is 23.8 Å². The van der Waals surface area contributed by atoms with Crippen LogP contribution < -0.4 is 11.1 Å². The second-order valence-electron chi connectivity index (χ2n) is 4.94. The van der Waals surface area contributed by atoms with Crippen LogP contribution in [0.1, 0.15) is 25.7 Å². The minimum absolute atomic E-state index is 0.142. The molecule has 0 spiro atoms. The van der Waals surface area contributed by atoms with Crippen LogP contribution in [-0.2, 0) is 4.74 Å². The molecule has 0 heterocycles. The number of hydrogen-bond acceptors (Lipinski definition) is 3. The van der Waals surface area contributed by atoms with Gasteiger partial charge in [0.2, 0.25) is 0 Å². The molecule has 100 valence electrons. The highest BCUT2D eigenvalue weighted by Crippen LogP contribution is 2.35. The number of nitrogens with two attached hydrogens (primary N) is 1. The molecule has 2 unspecified atom stereocenters. The summed E-state index contributed by atoms with van der Waals surface area (Å²) < 4.78 is 6.72. The molecule has 1 aromatic rings. The molecular formula is C14H21BrN2O. The normalized spacial score (nSPS) is 28.1. The number of para-hydroxylation sites is 1. The quantitative estimate of drug-likeness (QED) is 0.898. The van der Waals surface area contributed by atoms with Crippen molar-refractivity contribution in [2.75, 3.05) is 19.0 Å². The van der Waals surface area contributed by atoms with Gasteiger partial charge in [-0.2, -0.15) is 0 Å². The summed E-state index contributed by atoms with van der Waals surface area (Å²) in [5.41, 5.74) is 6.99. The van der Waals surface area contributed by atoms with Crippen molar-refractivity contribution >= 4 is 21.6 Å². The third kappa shape index (κ3) is 2.71. The highest BCUT2D eigenvalue weighted by atomic mass is 79.9. The van der Waals surface area contributed by atoms with Crippen molar-refractivity contribution < 1.29 is 4.74 Å². The number of anilines is 1. The van der Waals surface area contributed by atoms with E-state index >= 15 is 0 Å². The van der Waals surface area contributed by atoms with Gasteiger partial charge in [0.15, 0.2) is 0 Å². The lowest BCUT2D eigenvalue weighted by Crippen LogP contribution is -2.57. The van der Waals surface area contributed by atoms with Gasteiger partial charge in [-0.1, -0.05) is 25.0 Å². The van der Waals surface area contributed by atoms with Crippen molar-refractivity contribution in [2.45, 2.75) is 37.3 Å². The molecule has 0 amide bonds. The number of ether oxygens (including phenoxy) is 1. The van der Waals surface area contributed by atoms with E-state index in [-0.39, 0.29) is 11.6 Å². The van der Waals surface area contributed by atoms with Crippen LogP contribution in [-0.4, -0.2) is 25.3 Å². The average molecular weight is 313 g/mol. The fourth-order valence-electron chi connectivity index (χ4n) is 2.81. The first-order valence-electron chi connectivity index (χ1n) is 6.47. The van der Waals surface area contributed by atoms with Gasteiger partial charge in [0.05, 0.1) is 11.6 Å². The summed E-state index contributed by atoms with van der Waals surface area (Å²) >= 11 is 3.57. The van der Waals surface area contributed by atoms with Crippen LogP contribution in [0.4, 0.5) is 5.69 Å². The van der Waals surface area contributed by atoms with Crippen molar-refractivity contribution in [3.05, 3.63) is 28.7 Å². The predicted molar refractivity (Wildman–Crippen MR) is 78.8 cm³/mol. The number of rotatable bonds is 4. The van der Waals surface area contributed by atoms with E-state index in [0.717, 1.165) is 23.0 Å². The summed E-state index contributed by atoms with van der Waals surface area (Å²) in [5, 5.41) is 3.62. The molecule has 3 N–H and O–H groups in total. The van der Waals surface area contributed by atoms with Crippen LogP contribution in [0.5, 0.6) is 0 Å². The van der Waals surface area contributed by atoms with Gasteiger partial charge < -0.3 is 15.8 Å². The molecule has 1 fully saturated rings. The van der Waals surface area contributed by atoms with Crippen molar-refractivity contribution in [3.63, 3.8) is 0 Å². The van der Waals surface area contributed by atoms with Gasteiger partial charge in [-0.25, -0.2) is 0 Å². The zero-order valence-corrected chi connectivity index (χ0v) is 12.4. The van der Waals surface area contributed by atoms with Crippen molar-refractivity contribution in [2.24, 2.45) is 5.73 Å². The van der Waals surface area contributed by atoms with E-state index in [9.17, 15) is 0 Å². The fourth-order valence-corrected chi connectivity index (χ4v) is 3.19. The van der Waals surface area contributed by atoms with E-state index in [1.165, 1.54) is 12.8 Å². The lowest BCUT2D eigenvalue weighted by Gasteiger charge is -2.44. The van der Waals surface area contributed by atoms with Gasteiger partial charge in [-0.05, 0) is 40.9 Å². The Labute approximate surface area is 117 Å². The van der Waals surface area contributed by atoms with Crippen molar-refractivity contribution in [1.29, 1.82) is 0 Å². The molecule has 0 aromatic heterocycles. The molecule has 1 aliphatic carbocycles. The zero-order valence-electron chi connectivity index (χ0n) is 10.8. The average Bonchev–Trinajstić information content (AvgIpc) is 2.42. The number of methoxy groups -OCH3 is 1. The fraction of sp³-hybridized carbons (Fsp3) is 0.571. The van der Waals surface area contributed by atoms with Gasteiger partial charge in [0.25, 0.3) is 0 Å². The molecule has 1 aromatic carbocycles. The van der Waals surface area contributed by atoms with E-state index in [2.05, 4.69) is 27.3 Å². The maximum atomic E-state index is 6.04. The minimum atomic E-state index is -0.142. The second-order valence-corrected chi connectivity index (χ2v) is 5.79. The summed E-state index contributed by atoms with van der Waals surface area (Å²) in [6.45, 7) is 0.590. The first kappa shape index (κ1) is 13.8. The SMILES string of the molecule is COC1CCCCC1(CN)Nc1ccccc1Br. The van der Waals surface area contributed by atoms with E-state index < -0.39 is 0 Å². The number of nitrogens with one attached hydrogen (secondary N) is 1. The molecule has 0 radical (unpaired) electrons. The summed E-state index contributed by atoms with van der Waals surface area (Å²) in [5.74, 6) is 0. The van der Waals surface area contributed by atoms with Gasteiger partial charge in [0.1, 0.15) is 0 Å². The number of hydrogen-bond donors (Lipinski definition) is 2. The van der Waals surface area contributed by atoms with Gasteiger partial charge in [-0.15, -0.1) is 0 Å². The van der Waals surface area contributed by atoms with Gasteiger partial charge in [-0.3, -0.25) is 0 Å². The van der Waals surface area contributed by atoms with Crippen LogP contribution in [0.3, 0.4) is 0 Å². The number of benzene rings is 1. The Morgan fingerprint density at radius 2 is 2.22 bits per heavy atom. The number of halogens is 1. The van der Waals surface area contributed by atoms with E-state index in [1.807, 2.05) is 18.2 Å². The van der Waals surface area contributed by atoms with Crippen LogP contribution in [0.2, 0.25) is 0 Å². The van der Waals surface area contributed by atoms with Crippen molar-refractivity contribution in [1.82, 2.24) is 0 Å². The van der Waals surface area contributed by atoms with E-state index in [0.29, 0.717) is 6.54 Å². The topological polar surface area (TPSA) is 47.3 Å². The summed E-state index contributed by atoms with van der Waals surface area (Å²) in [6, 6.07) is 8.15. The Morgan fingerprint density at radius 1 is 1.44 bits per heavy atom. The van der Waals surface area contributed by atoms with Gasteiger partial charge >= 0.3 is 0 Å². The molecule has 2 rings (SSSR count). The highest BCUT2D eigenvalue weighted by Gasteiger charge is 2.40. The Morgan fingerprint density at radius 3 is 2.89 bits per heavy atom. The van der Waals surface area contributed by atoms with E-state index in [1.54, 1.807) is 7.11 Å². The van der Waals surface area contributed by atoms with Crippen LogP contribution in [0.15, 0.2) is 28.7 Å². The van der Waals surface area contributed by atoms with Crippen molar-refractivity contribution in [3.8, 4) is 0 Å². The Hall–Kier alpha value is -0.580. The Balaban J connectivity index is 2.24. The molecule has 3 nitrogen and oxygen atoms in total. The molecule has 18 heavy (non-hydrogen) atoms. The second kappa shape index (κ2) is 6.04. The molecule has 2 atom stereocenters. The maximum Gasteiger partial charge on any atom is 0.0813 e. The van der Waals surface area contributed by atoms with E-state index in [4.69, 9.17) is 10.5 Å². The standard InChI is InChI=1S/C14H21BrN2O/c1-18-13-8-4-5-9-14(13,10-16)17-12-7-3-2-6-11(12)15/h2-3,6-7,13,17H,4-5,8-10,16H2,1H3. The Bertz CT molecular complexity index is 399. The Kier molecular flexibility index (Phi) is 4.65. The first-order valence-corrected chi connectivity index (χ1v) is 7.27. The molecule has 4 heteroatoms. The first-order chi connectivity index (χ1) is 8.72. The van der Waals surface area contributed by atoms with Crippen LogP contribution in [0, 0.1) is 0 Å². The summed E-state index contributed by atoms with van der Waals surface area (Å²) in [7, 11) is 1.78. The largest absolute Gasteiger partial charge is 0.379 e. The zero-order chi connectivity index (χ0) is 13.0.